The molecule has 0 aromatic carbocycles. The number of hydrogen-bond donors (Lipinski definition) is 0. The van der Waals surface area contributed by atoms with Gasteiger partial charge in [0.15, 0.2) is 0 Å². The van der Waals surface area contributed by atoms with E-state index in [-0.39, 0.29) is 0 Å². The Hall–Kier alpha value is -0.0500. The molecule has 0 aromatic rings. The summed E-state index contributed by atoms with van der Waals surface area (Å²) in [5.74, 6) is 0. The fourth-order valence-electron chi connectivity index (χ4n) is 0.216. The number of hydrogen-bond acceptors (Lipinski definition) is 3. The maximum Gasteiger partial charge on any atom is 0.0662 e. The summed E-state index contributed by atoms with van der Waals surface area (Å²) in [6.07, 6.45) is 0. The Morgan fingerprint density at radius 3 is 2.00 bits per heavy atom. The van der Waals surface area contributed by atoms with Crippen molar-refractivity contribution in [3.8, 4) is 0 Å². The standard InChI is InChI=1S/C6H14N2S/c1-5(2)7-8-9-6(3)4/h5-6H,1-4H3/b8-7-. The van der Waals surface area contributed by atoms with E-state index in [4.69, 9.17) is 0 Å². The van der Waals surface area contributed by atoms with Gasteiger partial charge in [-0.3, -0.25) is 0 Å². The van der Waals surface area contributed by atoms with Crippen LogP contribution in [0.4, 0.5) is 0 Å². The molecular formula is C6H14N2S. The molecule has 0 aliphatic rings. The van der Waals surface area contributed by atoms with Crippen LogP contribution in [0.15, 0.2) is 9.63 Å². The van der Waals surface area contributed by atoms with Crippen molar-refractivity contribution >= 4 is 11.9 Å². The van der Waals surface area contributed by atoms with Gasteiger partial charge >= 0.3 is 0 Å². The average Bonchev–Trinajstić information content (AvgIpc) is 1.63. The molecule has 54 valence electrons. The van der Waals surface area contributed by atoms with Crippen molar-refractivity contribution in [3.63, 3.8) is 0 Å². The van der Waals surface area contributed by atoms with E-state index in [2.05, 4.69) is 23.5 Å². The maximum atomic E-state index is 3.95. The quantitative estimate of drug-likeness (QED) is 0.444. The molecule has 3 heteroatoms. The van der Waals surface area contributed by atoms with Crippen LogP contribution in [0.3, 0.4) is 0 Å². The summed E-state index contributed by atoms with van der Waals surface area (Å²) in [6.45, 7) is 8.24. The topological polar surface area (TPSA) is 24.7 Å². The zero-order valence-corrected chi connectivity index (χ0v) is 7.27. The molecule has 0 spiro atoms. The molecule has 0 unspecified atom stereocenters. The molecule has 0 aromatic heterocycles. The van der Waals surface area contributed by atoms with Crippen molar-refractivity contribution in [2.24, 2.45) is 9.63 Å². The molecule has 0 heterocycles. The highest BCUT2D eigenvalue weighted by Gasteiger charge is 1.90. The van der Waals surface area contributed by atoms with Gasteiger partial charge in [0.2, 0.25) is 0 Å². The molecule has 0 bridgehead atoms. The van der Waals surface area contributed by atoms with Gasteiger partial charge in [-0.05, 0) is 25.8 Å². The van der Waals surface area contributed by atoms with E-state index >= 15 is 0 Å². The lowest BCUT2D eigenvalue weighted by Gasteiger charge is -1.95. The third-order valence-electron chi connectivity index (χ3n) is 0.536. The lowest BCUT2D eigenvalue weighted by molar-refractivity contribution is 0.791. The van der Waals surface area contributed by atoms with E-state index in [1.165, 1.54) is 11.9 Å². The highest BCUT2D eigenvalue weighted by molar-refractivity contribution is 7.98. The third kappa shape index (κ3) is 7.95. The second-order valence-electron chi connectivity index (χ2n) is 2.45. The minimum atomic E-state index is 0.330. The van der Waals surface area contributed by atoms with Crippen molar-refractivity contribution in [2.75, 3.05) is 0 Å². The minimum Gasteiger partial charge on any atom is -0.179 e. The van der Waals surface area contributed by atoms with E-state index in [0.29, 0.717) is 11.3 Å². The van der Waals surface area contributed by atoms with Gasteiger partial charge in [0.05, 0.1) is 6.04 Å². The van der Waals surface area contributed by atoms with Crippen molar-refractivity contribution in [3.05, 3.63) is 0 Å². The Bertz CT molecular complexity index is 89.1. The molecule has 0 amide bonds. The summed E-state index contributed by atoms with van der Waals surface area (Å²) in [7, 11) is 0. The van der Waals surface area contributed by atoms with Crippen LogP contribution in [-0.4, -0.2) is 11.3 Å². The fraction of sp³-hybridized carbons (Fsp3) is 1.00. The van der Waals surface area contributed by atoms with Crippen LogP contribution in [0, 0.1) is 0 Å². The highest BCUT2D eigenvalue weighted by Crippen LogP contribution is 2.11. The maximum absolute atomic E-state index is 3.95. The summed E-state index contributed by atoms with van der Waals surface area (Å²) < 4.78 is 3.91. The smallest absolute Gasteiger partial charge is 0.0662 e. The summed E-state index contributed by atoms with van der Waals surface area (Å²) in [4.78, 5) is 0. The Morgan fingerprint density at radius 2 is 1.67 bits per heavy atom. The summed E-state index contributed by atoms with van der Waals surface area (Å²) in [6, 6.07) is 0.330. The molecule has 0 aliphatic heterocycles. The van der Waals surface area contributed by atoms with Crippen LogP contribution in [-0.2, 0) is 0 Å². The van der Waals surface area contributed by atoms with E-state index in [0.717, 1.165) is 0 Å². The van der Waals surface area contributed by atoms with Crippen LogP contribution in [0.2, 0.25) is 0 Å². The SMILES string of the molecule is CC(C)/N=N\SC(C)C. The molecule has 0 radical (unpaired) electrons. The molecule has 9 heavy (non-hydrogen) atoms. The van der Waals surface area contributed by atoms with Gasteiger partial charge in [-0.1, -0.05) is 13.8 Å². The lowest BCUT2D eigenvalue weighted by atomic mass is 10.4. The normalized spacial score (nSPS) is 12.2. The average molecular weight is 146 g/mol. The van der Waals surface area contributed by atoms with Crippen molar-refractivity contribution in [2.45, 2.75) is 39.0 Å². The first-order valence-electron chi connectivity index (χ1n) is 3.19. The predicted octanol–water partition coefficient (Wildman–Crippen LogP) is 2.90. The lowest BCUT2D eigenvalue weighted by Crippen LogP contribution is -1.85. The first-order valence-corrected chi connectivity index (χ1v) is 4.02. The minimum absolute atomic E-state index is 0.330. The Labute approximate surface area is 61.3 Å². The molecule has 0 fully saturated rings. The number of rotatable bonds is 3. The molecule has 0 atom stereocenters. The Balaban J connectivity index is 3.25. The summed E-state index contributed by atoms with van der Waals surface area (Å²) in [5.41, 5.74) is 0. The second-order valence-corrected chi connectivity index (χ2v) is 3.76. The first-order chi connectivity index (χ1) is 4.13. The monoisotopic (exact) mass is 146 g/mol. The van der Waals surface area contributed by atoms with E-state index in [9.17, 15) is 0 Å². The fourth-order valence-corrected chi connectivity index (χ4v) is 0.647. The van der Waals surface area contributed by atoms with E-state index in [1.54, 1.807) is 0 Å². The van der Waals surface area contributed by atoms with Crippen LogP contribution < -0.4 is 0 Å². The Kier molecular flexibility index (Phi) is 4.77. The van der Waals surface area contributed by atoms with Gasteiger partial charge < -0.3 is 0 Å². The van der Waals surface area contributed by atoms with Crippen LogP contribution in [0.25, 0.3) is 0 Å². The van der Waals surface area contributed by atoms with Crippen LogP contribution >= 0.6 is 11.9 Å². The predicted molar refractivity (Wildman–Crippen MR) is 42.7 cm³/mol. The Morgan fingerprint density at radius 1 is 1.11 bits per heavy atom. The van der Waals surface area contributed by atoms with Crippen molar-refractivity contribution < 1.29 is 0 Å². The zero-order chi connectivity index (χ0) is 7.28. The van der Waals surface area contributed by atoms with Crippen LogP contribution in [0.5, 0.6) is 0 Å². The molecule has 2 nitrogen and oxygen atoms in total. The van der Waals surface area contributed by atoms with Crippen molar-refractivity contribution in [1.29, 1.82) is 0 Å². The van der Waals surface area contributed by atoms with E-state index in [1.807, 2.05) is 13.8 Å². The first kappa shape index (κ1) is 8.95. The van der Waals surface area contributed by atoms with Gasteiger partial charge in [0.1, 0.15) is 0 Å². The molecular weight excluding hydrogens is 132 g/mol. The molecule has 0 rings (SSSR count). The molecule has 0 aliphatic carbocycles. The van der Waals surface area contributed by atoms with E-state index < -0.39 is 0 Å². The zero-order valence-electron chi connectivity index (χ0n) is 6.46. The van der Waals surface area contributed by atoms with Gasteiger partial charge in [-0.2, -0.15) is 5.11 Å². The summed E-state index contributed by atoms with van der Waals surface area (Å²) >= 11 is 1.52. The van der Waals surface area contributed by atoms with Crippen molar-refractivity contribution in [1.82, 2.24) is 0 Å². The van der Waals surface area contributed by atoms with Crippen LogP contribution in [0.1, 0.15) is 27.7 Å². The summed E-state index contributed by atoms with van der Waals surface area (Å²) in [5, 5.41) is 4.50. The molecule has 0 saturated heterocycles. The van der Waals surface area contributed by atoms with Gasteiger partial charge in [0, 0.05) is 5.25 Å². The molecule has 0 N–H and O–H groups in total. The van der Waals surface area contributed by atoms with Gasteiger partial charge in [0.25, 0.3) is 0 Å². The number of nitrogens with zero attached hydrogens (tertiary/aromatic N) is 2. The largest absolute Gasteiger partial charge is 0.179 e. The van der Waals surface area contributed by atoms with Gasteiger partial charge in [-0.25, -0.2) is 0 Å². The third-order valence-corrected chi connectivity index (χ3v) is 1.15. The second kappa shape index (κ2) is 4.79. The van der Waals surface area contributed by atoms with Gasteiger partial charge in [-0.15, -0.1) is 4.52 Å². The molecule has 0 saturated carbocycles. The highest BCUT2D eigenvalue weighted by atomic mass is 32.2.